The van der Waals surface area contributed by atoms with Gasteiger partial charge >= 0.3 is 0 Å². The first-order chi connectivity index (χ1) is 14.3. The summed E-state index contributed by atoms with van der Waals surface area (Å²) in [5, 5.41) is 3.21. The predicted octanol–water partition coefficient (Wildman–Crippen LogP) is 2.68. The van der Waals surface area contributed by atoms with E-state index in [4.69, 9.17) is 16.3 Å². The summed E-state index contributed by atoms with van der Waals surface area (Å²) >= 11 is 6.04. The highest BCUT2D eigenvalue weighted by Crippen LogP contribution is 2.35. The summed E-state index contributed by atoms with van der Waals surface area (Å²) in [7, 11) is -1.88. The molecule has 0 saturated carbocycles. The molecule has 1 fully saturated rings. The summed E-state index contributed by atoms with van der Waals surface area (Å²) in [5.74, 6) is -0.551. The lowest BCUT2D eigenvalue weighted by molar-refractivity contribution is -0.126. The molecule has 9 heteroatoms. The van der Waals surface area contributed by atoms with E-state index < -0.39 is 15.8 Å². The molecule has 0 spiro atoms. The number of nitrogens with one attached hydrogen (secondary N) is 1. The van der Waals surface area contributed by atoms with Gasteiger partial charge in [-0.15, -0.1) is 0 Å². The molecule has 0 aliphatic carbocycles. The Kier molecular flexibility index (Phi) is 6.99. The lowest BCUT2D eigenvalue weighted by Crippen LogP contribution is -2.34. The number of ether oxygens (including phenoxy) is 1. The van der Waals surface area contributed by atoms with Gasteiger partial charge in [0.05, 0.1) is 29.4 Å². The Morgan fingerprint density at radius 1 is 1.23 bits per heavy atom. The first-order valence-corrected chi connectivity index (χ1v) is 11.5. The maximum atomic E-state index is 12.5. The monoisotopic (exact) mass is 450 g/mol. The second-order valence-corrected chi connectivity index (χ2v) is 9.54. The van der Waals surface area contributed by atoms with Crippen LogP contribution in [0.15, 0.2) is 53.4 Å². The van der Waals surface area contributed by atoms with Crippen LogP contribution in [0, 0.1) is 5.92 Å². The van der Waals surface area contributed by atoms with Crippen LogP contribution in [0.1, 0.15) is 12.8 Å². The van der Waals surface area contributed by atoms with E-state index in [1.54, 1.807) is 48.5 Å². The van der Waals surface area contributed by atoms with Crippen molar-refractivity contribution < 1.29 is 22.7 Å². The molecule has 160 valence electrons. The Hall–Kier alpha value is -2.58. The highest BCUT2D eigenvalue weighted by Gasteiger charge is 2.36. The first-order valence-electron chi connectivity index (χ1n) is 9.51. The smallest absolute Gasteiger partial charge is 0.227 e. The maximum absolute atomic E-state index is 12.5. The van der Waals surface area contributed by atoms with E-state index >= 15 is 0 Å². The van der Waals surface area contributed by atoms with Crippen LogP contribution in [-0.4, -0.2) is 46.2 Å². The van der Waals surface area contributed by atoms with Gasteiger partial charge < -0.3 is 15.0 Å². The lowest BCUT2D eigenvalue weighted by atomic mass is 10.1. The van der Waals surface area contributed by atoms with Crippen molar-refractivity contribution in [1.82, 2.24) is 5.32 Å². The minimum Gasteiger partial charge on any atom is -0.495 e. The Morgan fingerprint density at radius 2 is 1.97 bits per heavy atom. The molecule has 1 heterocycles. The van der Waals surface area contributed by atoms with Gasteiger partial charge in [-0.1, -0.05) is 29.8 Å². The van der Waals surface area contributed by atoms with E-state index in [9.17, 15) is 18.0 Å². The van der Waals surface area contributed by atoms with Crippen LogP contribution in [0.4, 0.5) is 5.69 Å². The zero-order valence-electron chi connectivity index (χ0n) is 16.5. The number of carbonyl (C=O) groups is 2. The van der Waals surface area contributed by atoms with Gasteiger partial charge in [0.25, 0.3) is 0 Å². The van der Waals surface area contributed by atoms with Crippen molar-refractivity contribution in [3.8, 4) is 5.75 Å². The van der Waals surface area contributed by atoms with Crippen molar-refractivity contribution in [2.24, 2.45) is 5.92 Å². The maximum Gasteiger partial charge on any atom is 0.227 e. The van der Waals surface area contributed by atoms with Gasteiger partial charge in [0.2, 0.25) is 11.8 Å². The Balaban J connectivity index is 1.54. The van der Waals surface area contributed by atoms with Crippen molar-refractivity contribution in [3.63, 3.8) is 0 Å². The van der Waals surface area contributed by atoms with Crippen LogP contribution in [0.2, 0.25) is 5.02 Å². The van der Waals surface area contributed by atoms with E-state index in [1.165, 1.54) is 12.0 Å². The minimum absolute atomic E-state index is 0.0628. The van der Waals surface area contributed by atoms with Gasteiger partial charge in [-0.2, -0.15) is 0 Å². The van der Waals surface area contributed by atoms with Crippen LogP contribution in [0.25, 0.3) is 0 Å². The summed E-state index contributed by atoms with van der Waals surface area (Å²) in [6.07, 6.45) is 0.360. The summed E-state index contributed by atoms with van der Waals surface area (Å²) in [6.45, 7) is 0.430. The summed E-state index contributed by atoms with van der Waals surface area (Å²) < 4.78 is 29.8. The molecule has 1 unspecified atom stereocenters. The molecule has 1 N–H and O–H groups in total. The van der Waals surface area contributed by atoms with Crippen molar-refractivity contribution in [2.45, 2.75) is 17.7 Å². The molecule has 2 amide bonds. The lowest BCUT2D eigenvalue weighted by Gasteiger charge is -2.19. The van der Waals surface area contributed by atoms with Gasteiger partial charge in [-0.3, -0.25) is 9.59 Å². The first kappa shape index (κ1) is 22.1. The second-order valence-electron chi connectivity index (χ2n) is 7.00. The number of carbonyl (C=O) groups excluding carboxylic acids is 2. The largest absolute Gasteiger partial charge is 0.495 e. The van der Waals surface area contributed by atoms with Crippen LogP contribution >= 0.6 is 11.6 Å². The number of hydrogen-bond acceptors (Lipinski definition) is 5. The zero-order valence-corrected chi connectivity index (χ0v) is 18.1. The van der Waals surface area contributed by atoms with Crippen LogP contribution in [0.5, 0.6) is 5.75 Å². The molecule has 1 aliphatic rings. The number of benzene rings is 2. The average molecular weight is 451 g/mol. The minimum atomic E-state index is -3.38. The molecule has 30 heavy (non-hydrogen) atoms. The molecule has 1 aliphatic heterocycles. The number of halogens is 1. The topological polar surface area (TPSA) is 92.8 Å². The third kappa shape index (κ3) is 5.12. The third-order valence-corrected chi connectivity index (χ3v) is 6.97. The van der Waals surface area contributed by atoms with E-state index in [2.05, 4.69) is 5.32 Å². The number of rotatable bonds is 8. The fourth-order valence-electron chi connectivity index (χ4n) is 3.35. The van der Waals surface area contributed by atoms with Gasteiger partial charge in [0, 0.05) is 24.5 Å². The molecule has 0 bridgehead atoms. The van der Waals surface area contributed by atoms with Crippen molar-refractivity contribution >= 4 is 38.9 Å². The number of sulfone groups is 1. The van der Waals surface area contributed by atoms with E-state index in [0.29, 0.717) is 16.5 Å². The predicted molar refractivity (Wildman–Crippen MR) is 115 cm³/mol. The fraction of sp³-hybridized carbons (Fsp3) is 0.333. The van der Waals surface area contributed by atoms with E-state index in [1.807, 2.05) is 0 Å². The second kappa shape index (κ2) is 9.49. The fourth-order valence-corrected chi connectivity index (χ4v) is 4.85. The molecule has 3 rings (SSSR count). The summed E-state index contributed by atoms with van der Waals surface area (Å²) in [5.41, 5.74) is 0.527. The SMILES string of the molecule is COc1ccc(Cl)cc1N1CC(C(=O)NCCCS(=O)(=O)c2ccccc2)CC1=O. The van der Waals surface area contributed by atoms with Gasteiger partial charge in [0.15, 0.2) is 9.84 Å². The van der Waals surface area contributed by atoms with Gasteiger partial charge in [-0.05, 0) is 36.8 Å². The number of amides is 2. The Morgan fingerprint density at radius 3 is 2.67 bits per heavy atom. The average Bonchev–Trinajstić information content (AvgIpc) is 3.13. The molecule has 2 aromatic rings. The molecule has 1 atom stereocenters. The van der Waals surface area contributed by atoms with E-state index in [-0.39, 0.29) is 48.4 Å². The van der Waals surface area contributed by atoms with Crippen LogP contribution in [0.3, 0.4) is 0 Å². The number of methoxy groups -OCH3 is 1. The number of anilines is 1. The van der Waals surface area contributed by atoms with Crippen molar-refractivity contribution in [1.29, 1.82) is 0 Å². The molecule has 7 nitrogen and oxygen atoms in total. The highest BCUT2D eigenvalue weighted by atomic mass is 35.5. The van der Waals surface area contributed by atoms with Crippen LogP contribution in [-0.2, 0) is 19.4 Å². The summed E-state index contributed by atoms with van der Waals surface area (Å²) in [4.78, 5) is 26.7. The van der Waals surface area contributed by atoms with Crippen molar-refractivity contribution in [3.05, 3.63) is 53.6 Å². The Labute approximate surface area is 180 Å². The number of hydrogen-bond donors (Lipinski definition) is 1. The van der Waals surface area contributed by atoms with Crippen molar-refractivity contribution in [2.75, 3.05) is 30.9 Å². The zero-order chi connectivity index (χ0) is 21.7. The normalized spacial score (nSPS) is 16.5. The molecule has 2 aromatic carbocycles. The molecular formula is C21H23ClN2O5S. The highest BCUT2D eigenvalue weighted by molar-refractivity contribution is 7.91. The van der Waals surface area contributed by atoms with Gasteiger partial charge in [0.1, 0.15) is 5.75 Å². The molecular weight excluding hydrogens is 428 g/mol. The van der Waals surface area contributed by atoms with E-state index in [0.717, 1.165) is 0 Å². The third-order valence-electron chi connectivity index (χ3n) is 4.92. The van der Waals surface area contributed by atoms with Crippen LogP contribution < -0.4 is 15.0 Å². The molecule has 0 aromatic heterocycles. The number of nitrogens with zero attached hydrogens (tertiary/aromatic N) is 1. The molecule has 0 radical (unpaired) electrons. The quantitative estimate of drug-likeness (QED) is 0.624. The molecule has 1 saturated heterocycles. The Bertz CT molecular complexity index is 1030. The van der Waals surface area contributed by atoms with Gasteiger partial charge in [-0.25, -0.2) is 8.42 Å². The summed E-state index contributed by atoms with van der Waals surface area (Å²) in [6, 6.07) is 13.2. The standard InChI is InChI=1S/C21H23ClN2O5S/c1-29-19-9-8-16(22)13-18(19)24-14-15(12-20(24)25)21(26)23-10-5-11-30(27,28)17-6-3-2-4-7-17/h2-4,6-9,13,15H,5,10-12,14H2,1H3,(H,23,26).